The summed E-state index contributed by atoms with van der Waals surface area (Å²) in [6.45, 7) is 14.0. The van der Waals surface area contributed by atoms with E-state index in [-0.39, 0.29) is 17.5 Å². The summed E-state index contributed by atoms with van der Waals surface area (Å²) in [7, 11) is 0. The first-order chi connectivity index (χ1) is 35.0. The number of benzene rings is 11. The Kier molecular flexibility index (Phi) is 7.71. The Bertz CT molecular complexity index is 4610. The largest absolute Gasteiger partial charge is 0.311 e. The molecule has 13 aromatic rings. The van der Waals surface area contributed by atoms with Crippen LogP contribution in [-0.4, -0.2) is 15.8 Å². The fraction of sp³-hybridized carbons (Fsp3) is 0.118. The summed E-state index contributed by atoms with van der Waals surface area (Å²) >= 11 is 0. The van der Waals surface area contributed by atoms with Gasteiger partial charge in [0.1, 0.15) is 0 Å². The third-order valence-corrected chi connectivity index (χ3v) is 16.9. The van der Waals surface area contributed by atoms with Gasteiger partial charge in [-0.3, -0.25) is 0 Å². The van der Waals surface area contributed by atoms with Crippen LogP contribution < -0.4 is 21.3 Å². The number of hydrogen-bond donors (Lipinski definition) is 0. The lowest BCUT2D eigenvalue weighted by molar-refractivity contribution is 0.590. The van der Waals surface area contributed by atoms with Crippen LogP contribution in [0.4, 0.5) is 17.1 Å². The van der Waals surface area contributed by atoms with Crippen molar-refractivity contribution in [2.75, 3.05) is 4.90 Å². The minimum Gasteiger partial charge on any atom is -0.311 e. The zero-order valence-corrected chi connectivity index (χ0v) is 41.4. The first-order valence-electron chi connectivity index (χ1n) is 25.7. The predicted octanol–water partition coefficient (Wildman–Crippen LogP) is 16.2. The average molecular weight is 920 g/mol. The molecule has 0 amide bonds. The minimum absolute atomic E-state index is 0.0165. The highest BCUT2D eigenvalue weighted by molar-refractivity contribution is 7.01. The van der Waals surface area contributed by atoms with Crippen LogP contribution in [0.3, 0.4) is 0 Å². The van der Waals surface area contributed by atoms with Gasteiger partial charge in [-0.2, -0.15) is 0 Å². The highest BCUT2D eigenvalue weighted by Crippen LogP contribution is 2.51. The SMILES string of the molecule is CC(C)(C)c1ccc2c(c1)B1c3c(cc(-n4c5cccc6c5c5c7c(cccc7ccc54)-c4ccccc4-6)cc3-n3c4ccc(C(C)(C)C)cc4c4cc5ccccc5c1c43)N2c1ccc2ccccc2c1. The van der Waals surface area contributed by atoms with Crippen molar-refractivity contribution in [1.82, 2.24) is 9.13 Å². The van der Waals surface area contributed by atoms with Crippen LogP contribution in [0.5, 0.6) is 0 Å². The molecule has 72 heavy (non-hydrogen) atoms. The van der Waals surface area contributed by atoms with Crippen molar-refractivity contribution in [3.63, 3.8) is 0 Å². The summed E-state index contributed by atoms with van der Waals surface area (Å²) in [5, 5.41) is 12.9. The smallest absolute Gasteiger partial charge is 0.252 e. The van der Waals surface area contributed by atoms with Crippen LogP contribution in [-0.2, 0) is 10.8 Å². The molecule has 0 N–H and O–H groups in total. The zero-order valence-electron chi connectivity index (χ0n) is 41.4. The topological polar surface area (TPSA) is 13.1 Å². The van der Waals surface area contributed by atoms with E-state index in [2.05, 4.69) is 250 Å². The Labute approximate surface area is 419 Å². The quantitative estimate of drug-likeness (QED) is 0.158. The molecule has 4 heterocycles. The van der Waals surface area contributed by atoms with Crippen LogP contribution in [0.2, 0.25) is 0 Å². The van der Waals surface area contributed by atoms with Gasteiger partial charge in [0.05, 0.1) is 22.2 Å². The van der Waals surface area contributed by atoms with Gasteiger partial charge in [-0.15, -0.1) is 0 Å². The molecule has 4 heteroatoms. The highest BCUT2D eigenvalue weighted by atomic mass is 15.2. The van der Waals surface area contributed by atoms with Gasteiger partial charge in [0, 0.05) is 49.8 Å². The molecule has 16 rings (SSSR count). The fourth-order valence-corrected chi connectivity index (χ4v) is 13.5. The van der Waals surface area contributed by atoms with Gasteiger partial charge < -0.3 is 14.0 Å². The van der Waals surface area contributed by atoms with Crippen LogP contribution >= 0.6 is 0 Å². The van der Waals surface area contributed by atoms with E-state index in [9.17, 15) is 0 Å². The number of aromatic nitrogens is 2. The molecule has 11 aromatic carbocycles. The summed E-state index contributed by atoms with van der Waals surface area (Å²) in [5.41, 5.74) is 22.8. The minimum atomic E-state index is -0.0563. The van der Waals surface area contributed by atoms with Crippen molar-refractivity contribution in [2.45, 2.75) is 52.4 Å². The number of fused-ring (bicyclic) bond motifs is 13. The molecule has 2 aliphatic heterocycles. The Morgan fingerprint density at radius 3 is 1.78 bits per heavy atom. The van der Waals surface area contributed by atoms with E-state index in [1.54, 1.807) is 0 Å². The lowest BCUT2D eigenvalue weighted by Crippen LogP contribution is -2.61. The maximum atomic E-state index is 2.67. The highest BCUT2D eigenvalue weighted by Gasteiger charge is 2.44. The van der Waals surface area contributed by atoms with Crippen LogP contribution in [0, 0.1) is 0 Å². The first kappa shape index (κ1) is 40.4. The number of anilines is 3. The molecule has 0 radical (unpaired) electrons. The average Bonchev–Trinajstić information content (AvgIpc) is 3.87. The van der Waals surface area contributed by atoms with E-state index < -0.39 is 0 Å². The molecular formula is C68H50BN3. The third-order valence-electron chi connectivity index (χ3n) is 16.9. The van der Waals surface area contributed by atoms with E-state index in [0.29, 0.717) is 0 Å². The van der Waals surface area contributed by atoms with E-state index in [0.717, 1.165) is 11.4 Å². The molecule has 2 aromatic heterocycles. The van der Waals surface area contributed by atoms with Crippen LogP contribution in [0.1, 0.15) is 52.7 Å². The molecule has 340 valence electrons. The van der Waals surface area contributed by atoms with Gasteiger partial charge in [0.2, 0.25) is 0 Å². The first-order valence-corrected chi connectivity index (χ1v) is 25.7. The Morgan fingerprint density at radius 2 is 0.972 bits per heavy atom. The monoisotopic (exact) mass is 919 g/mol. The van der Waals surface area contributed by atoms with Gasteiger partial charge in [0.25, 0.3) is 6.71 Å². The van der Waals surface area contributed by atoms with E-state index in [1.807, 2.05) is 0 Å². The van der Waals surface area contributed by atoms with E-state index >= 15 is 0 Å². The van der Waals surface area contributed by atoms with Gasteiger partial charge >= 0.3 is 0 Å². The summed E-state index contributed by atoms with van der Waals surface area (Å²) in [4.78, 5) is 2.61. The third kappa shape index (κ3) is 5.21. The van der Waals surface area contributed by atoms with Gasteiger partial charge in [-0.1, -0.05) is 175 Å². The number of nitrogens with zero attached hydrogens (tertiary/aromatic N) is 3. The van der Waals surface area contributed by atoms with Crippen molar-refractivity contribution < 1.29 is 0 Å². The van der Waals surface area contributed by atoms with Crippen molar-refractivity contribution in [2.24, 2.45) is 0 Å². The van der Waals surface area contributed by atoms with Gasteiger partial charge in [0.15, 0.2) is 0 Å². The molecule has 0 saturated heterocycles. The lowest BCUT2D eigenvalue weighted by Gasteiger charge is -2.41. The molecule has 0 unspecified atom stereocenters. The summed E-state index contributed by atoms with van der Waals surface area (Å²) < 4.78 is 5.26. The summed E-state index contributed by atoms with van der Waals surface area (Å²) in [6, 6.07) is 74.9. The second kappa shape index (κ2) is 13.7. The normalized spacial score (nSPS) is 13.6. The fourth-order valence-electron chi connectivity index (χ4n) is 13.5. The van der Waals surface area contributed by atoms with Crippen molar-refractivity contribution in [1.29, 1.82) is 0 Å². The number of hydrogen-bond acceptors (Lipinski definition) is 1. The van der Waals surface area contributed by atoms with Gasteiger partial charge in [-0.25, -0.2) is 0 Å². The standard InChI is InChI=1S/C68H50BN3/c1-67(2,3)43-27-31-55-52(35-43)53-34-42-17-9-10-19-47(42)64-66(53)72(55)60-38-46(71-57-24-14-23-51-49-21-12-11-20-48(49)50-22-13-18-40-26-30-58(71)63(61(40)50)62(51)57)37-59-65(60)69(64)54-36-44(68(4,5)6)28-32-56(54)70(59)45-29-25-39-15-7-8-16-41(39)33-45/h7-38H,1-6H3. The van der Waals surface area contributed by atoms with Crippen molar-refractivity contribution in [3.05, 3.63) is 205 Å². The van der Waals surface area contributed by atoms with Crippen LogP contribution in [0.15, 0.2) is 194 Å². The Hall–Kier alpha value is -8.34. The molecule has 0 bridgehead atoms. The Morgan fingerprint density at radius 1 is 0.347 bits per heavy atom. The second-order valence-corrected chi connectivity index (χ2v) is 22.9. The molecular weight excluding hydrogens is 870 g/mol. The molecule has 3 aliphatic rings. The van der Waals surface area contributed by atoms with Crippen molar-refractivity contribution in [3.8, 4) is 33.6 Å². The predicted molar refractivity (Wildman–Crippen MR) is 309 cm³/mol. The van der Waals surface area contributed by atoms with E-state index in [1.165, 1.54) is 143 Å². The Balaban J connectivity index is 1.11. The summed E-state index contributed by atoms with van der Waals surface area (Å²) in [6.07, 6.45) is 0. The maximum Gasteiger partial charge on any atom is 0.252 e. The molecule has 0 atom stereocenters. The molecule has 1 aliphatic carbocycles. The maximum absolute atomic E-state index is 2.67. The van der Waals surface area contributed by atoms with E-state index in [4.69, 9.17) is 0 Å². The molecule has 0 fully saturated rings. The van der Waals surface area contributed by atoms with Crippen LogP contribution in [0.25, 0.3) is 110 Å². The van der Waals surface area contributed by atoms with Gasteiger partial charge in [-0.05, 0) is 154 Å². The zero-order chi connectivity index (χ0) is 48.1. The second-order valence-electron chi connectivity index (χ2n) is 22.9. The lowest BCUT2D eigenvalue weighted by atomic mass is 9.33. The number of rotatable bonds is 2. The summed E-state index contributed by atoms with van der Waals surface area (Å²) in [5.74, 6) is 0. The van der Waals surface area contributed by atoms with Crippen molar-refractivity contribution >= 4 is 116 Å². The molecule has 0 spiro atoms. The molecule has 0 saturated carbocycles. The molecule has 3 nitrogen and oxygen atoms in total.